The van der Waals surface area contributed by atoms with Crippen molar-refractivity contribution in [3.8, 4) is 5.75 Å². The average Bonchev–Trinajstić information content (AvgIpc) is 2.60. The zero-order chi connectivity index (χ0) is 18.4. The zero-order valence-electron chi connectivity index (χ0n) is 15.0. The fraction of sp³-hybridized carbons (Fsp3) is 0.556. The topological polar surface area (TPSA) is 61.9 Å². The number of hydrogen-bond acceptors (Lipinski definition) is 3. The first-order valence-corrected chi connectivity index (χ1v) is 8.99. The molecule has 138 valence electrons. The predicted molar refractivity (Wildman–Crippen MR) is 99.2 cm³/mol. The van der Waals surface area contributed by atoms with Crippen molar-refractivity contribution in [1.29, 1.82) is 0 Å². The Morgan fingerprint density at radius 2 is 2.00 bits per heavy atom. The van der Waals surface area contributed by atoms with Crippen molar-refractivity contribution in [2.45, 2.75) is 26.2 Å². The van der Waals surface area contributed by atoms with Crippen LogP contribution in [0.2, 0.25) is 5.02 Å². The van der Waals surface area contributed by atoms with Gasteiger partial charge in [0.15, 0.2) is 0 Å². The van der Waals surface area contributed by atoms with E-state index in [0.717, 1.165) is 6.42 Å². The summed E-state index contributed by atoms with van der Waals surface area (Å²) in [6.07, 6.45) is 2.23. The van der Waals surface area contributed by atoms with Crippen LogP contribution in [0.5, 0.6) is 5.75 Å². The summed E-state index contributed by atoms with van der Waals surface area (Å²) in [5.41, 5.74) is 0.658. The Morgan fingerprint density at radius 3 is 2.56 bits per heavy atom. The van der Waals surface area contributed by atoms with Crippen molar-refractivity contribution in [2.75, 3.05) is 39.1 Å². The van der Waals surface area contributed by atoms with E-state index in [0.29, 0.717) is 49.0 Å². The van der Waals surface area contributed by atoms with Gasteiger partial charge in [0.05, 0.1) is 11.6 Å². The molecule has 3 amide bonds. The number of anilines is 1. The summed E-state index contributed by atoms with van der Waals surface area (Å²) in [4.78, 5) is 27.7. The van der Waals surface area contributed by atoms with E-state index in [-0.39, 0.29) is 17.9 Å². The molecule has 0 aromatic heterocycles. The molecule has 1 fully saturated rings. The minimum atomic E-state index is -0.0963. The Morgan fingerprint density at radius 1 is 1.32 bits per heavy atom. The van der Waals surface area contributed by atoms with Crippen molar-refractivity contribution < 1.29 is 14.3 Å². The molecule has 0 atom stereocenters. The van der Waals surface area contributed by atoms with Gasteiger partial charge in [-0.1, -0.05) is 18.5 Å². The number of nitrogens with zero attached hydrogens (tertiary/aromatic N) is 2. The van der Waals surface area contributed by atoms with E-state index in [2.05, 4.69) is 5.32 Å². The third-order valence-electron chi connectivity index (χ3n) is 4.18. The SMILES string of the molecule is CCCOc1ccc(NC(=O)C2CCN(C(=O)N(C)C)CC2)cc1Cl. The second-order valence-corrected chi connectivity index (χ2v) is 6.83. The molecular formula is C18H26ClN3O3. The summed E-state index contributed by atoms with van der Waals surface area (Å²) in [6.45, 7) is 3.83. The summed E-state index contributed by atoms with van der Waals surface area (Å²) >= 11 is 6.19. The van der Waals surface area contributed by atoms with Crippen LogP contribution in [0, 0.1) is 5.92 Å². The van der Waals surface area contributed by atoms with Gasteiger partial charge in [0.25, 0.3) is 0 Å². The Kier molecular flexibility index (Phi) is 6.93. The highest BCUT2D eigenvalue weighted by Gasteiger charge is 2.28. The van der Waals surface area contributed by atoms with Crippen LogP contribution >= 0.6 is 11.6 Å². The molecule has 0 unspecified atom stereocenters. The maximum absolute atomic E-state index is 12.4. The summed E-state index contributed by atoms with van der Waals surface area (Å²) in [6, 6.07) is 5.26. The normalized spacial score (nSPS) is 15.0. The predicted octanol–water partition coefficient (Wildman–Crippen LogP) is 3.46. The molecule has 0 radical (unpaired) electrons. The maximum atomic E-state index is 12.4. The van der Waals surface area contributed by atoms with E-state index in [1.165, 1.54) is 0 Å². The highest BCUT2D eigenvalue weighted by atomic mass is 35.5. The number of benzene rings is 1. The van der Waals surface area contributed by atoms with Crippen LogP contribution < -0.4 is 10.1 Å². The quantitative estimate of drug-likeness (QED) is 0.866. The summed E-state index contributed by atoms with van der Waals surface area (Å²) in [5.74, 6) is 0.494. The molecule has 6 nitrogen and oxygen atoms in total. The summed E-state index contributed by atoms with van der Waals surface area (Å²) in [7, 11) is 3.47. The maximum Gasteiger partial charge on any atom is 0.319 e. The largest absolute Gasteiger partial charge is 0.492 e. The highest BCUT2D eigenvalue weighted by Crippen LogP contribution is 2.28. The van der Waals surface area contributed by atoms with Gasteiger partial charge in [-0.2, -0.15) is 0 Å². The lowest BCUT2D eigenvalue weighted by molar-refractivity contribution is -0.121. The van der Waals surface area contributed by atoms with Crippen molar-refractivity contribution in [3.05, 3.63) is 23.2 Å². The van der Waals surface area contributed by atoms with Gasteiger partial charge < -0.3 is 19.9 Å². The smallest absolute Gasteiger partial charge is 0.319 e. The number of amides is 3. The van der Waals surface area contributed by atoms with Gasteiger partial charge in [0, 0.05) is 38.8 Å². The van der Waals surface area contributed by atoms with E-state index < -0.39 is 0 Å². The van der Waals surface area contributed by atoms with Crippen LogP contribution in [-0.4, -0.2) is 55.5 Å². The van der Waals surface area contributed by atoms with Crippen molar-refractivity contribution >= 4 is 29.2 Å². The minimum Gasteiger partial charge on any atom is -0.492 e. The van der Waals surface area contributed by atoms with Crippen molar-refractivity contribution in [1.82, 2.24) is 9.80 Å². The van der Waals surface area contributed by atoms with Gasteiger partial charge in [-0.3, -0.25) is 4.79 Å². The molecular weight excluding hydrogens is 342 g/mol. The number of halogens is 1. The van der Waals surface area contributed by atoms with E-state index in [1.54, 1.807) is 42.1 Å². The Bertz CT molecular complexity index is 614. The average molecular weight is 368 g/mol. The number of rotatable bonds is 5. The zero-order valence-corrected chi connectivity index (χ0v) is 15.8. The van der Waals surface area contributed by atoms with Gasteiger partial charge >= 0.3 is 6.03 Å². The first-order chi connectivity index (χ1) is 11.9. The van der Waals surface area contributed by atoms with Crippen molar-refractivity contribution in [3.63, 3.8) is 0 Å². The number of piperidine rings is 1. The van der Waals surface area contributed by atoms with Crippen LogP contribution in [-0.2, 0) is 4.79 Å². The molecule has 1 N–H and O–H groups in total. The van der Waals surface area contributed by atoms with Gasteiger partial charge in [-0.05, 0) is 37.5 Å². The second-order valence-electron chi connectivity index (χ2n) is 6.42. The number of ether oxygens (including phenoxy) is 1. The molecule has 0 spiro atoms. The Labute approximate surface area is 154 Å². The van der Waals surface area contributed by atoms with Gasteiger partial charge in [0.1, 0.15) is 5.75 Å². The molecule has 7 heteroatoms. The molecule has 2 rings (SSSR count). The number of hydrogen-bond donors (Lipinski definition) is 1. The number of carbonyl (C=O) groups excluding carboxylic acids is 2. The van der Waals surface area contributed by atoms with E-state index in [9.17, 15) is 9.59 Å². The van der Waals surface area contributed by atoms with E-state index in [4.69, 9.17) is 16.3 Å². The molecule has 0 aliphatic carbocycles. The van der Waals surface area contributed by atoms with E-state index >= 15 is 0 Å². The lowest BCUT2D eigenvalue weighted by atomic mass is 9.96. The van der Waals surface area contributed by atoms with Crippen molar-refractivity contribution in [2.24, 2.45) is 5.92 Å². The molecule has 1 aromatic carbocycles. The highest BCUT2D eigenvalue weighted by molar-refractivity contribution is 6.32. The monoisotopic (exact) mass is 367 g/mol. The molecule has 0 saturated carbocycles. The molecule has 0 bridgehead atoms. The first kappa shape index (κ1) is 19.4. The lowest BCUT2D eigenvalue weighted by Gasteiger charge is -2.33. The van der Waals surface area contributed by atoms with Crippen LogP contribution in [0.25, 0.3) is 0 Å². The van der Waals surface area contributed by atoms with Crippen LogP contribution in [0.1, 0.15) is 26.2 Å². The molecule has 25 heavy (non-hydrogen) atoms. The Balaban J connectivity index is 1.88. The molecule has 1 aromatic rings. The number of urea groups is 1. The van der Waals surface area contributed by atoms with Gasteiger partial charge in [-0.15, -0.1) is 0 Å². The molecule has 1 aliphatic rings. The summed E-state index contributed by atoms with van der Waals surface area (Å²) in [5, 5.41) is 3.39. The van der Waals surface area contributed by atoms with Gasteiger partial charge in [-0.25, -0.2) is 4.79 Å². The fourth-order valence-corrected chi connectivity index (χ4v) is 3.00. The van der Waals surface area contributed by atoms with E-state index in [1.807, 2.05) is 6.92 Å². The third kappa shape index (κ3) is 5.26. The number of carbonyl (C=O) groups is 2. The molecule has 1 saturated heterocycles. The van der Waals surface area contributed by atoms with Gasteiger partial charge in [0.2, 0.25) is 5.91 Å². The fourth-order valence-electron chi connectivity index (χ4n) is 2.77. The second kappa shape index (κ2) is 8.94. The lowest BCUT2D eigenvalue weighted by Crippen LogP contribution is -2.45. The standard InChI is InChI=1S/C18H26ClN3O3/c1-4-11-25-16-6-5-14(12-15(16)19)20-17(23)13-7-9-22(10-8-13)18(24)21(2)3/h5-6,12-13H,4,7-11H2,1-3H3,(H,20,23). The minimum absolute atomic E-state index is 0.00620. The molecule has 1 aliphatic heterocycles. The summed E-state index contributed by atoms with van der Waals surface area (Å²) < 4.78 is 5.53. The number of nitrogens with one attached hydrogen (secondary N) is 1. The first-order valence-electron chi connectivity index (χ1n) is 8.61. The molecule has 1 heterocycles. The third-order valence-corrected chi connectivity index (χ3v) is 4.48. The van der Waals surface area contributed by atoms with Crippen LogP contribution in [0.4, 0.5) is 10.5 Å². The number of likely N-dealkylation sites (tertiary alicyclic amines) is 1. The van der Waals surface area contributed by atoms with Crippen LogP contribution in [0.15, 0.2) is 18.2 Å². The van der Waals surface area contributed by atoms with Crippen LogP contribution in [0.3, 0.4) is 0 Å². The Hall–Kier alpha value is -1.95.